The Labute approximate surface area is 583 Å². The average Bonchev–Trinajstić information content (AvgIpc) is 1.52. The Bertz CT molecular complexity index is 6120. The first-order valence-corrected chi connectivity index (χ1v) is 34.8. The second-order valence-electron chi connectivity index (χ2n) is 27.6. The van der Waals surface area contributed by atoms with Crippen LogP contribution in [0.1, 0.15) is 25.0 Å². The summed E-state index contributed by atoms with van der Waals surface area (Å²) in [6.07, 6.45) is 0. The molecule has 0 fully saturated rings. The van der Waals surface area contributed by atoms with Gasteiger partial charge in [-0.15, -0.1) is 0 Å². The Morgan fingerprint density at radius 3 is 1.48 bits per heavy atom. The summed E-state index contributed by atoms with van der Waals surface area (Å²) in [5.41, 5.74) is 29.7. The third-order valence-electron chi connectivity index (χ3n) is 21.6. The van der Waals surface area contributed by atoms with E-state index in [1.807, 2.05) is 30.3 Å². The van der Waals surface area contributed by atoms with Crippen molar-refractivity contribution < 1.29 is 27.8 Å². The van der Waals surface area contributed by atoms with Crippen LogP contribution in [0.25, 0.3) is 99.5 Å². The molecule has 0 saturated heterocycles. The van der Waals surface area contributed by atoms with Gasteiger partial charge in [0.15, 0.2) is 23.0 Å². The van der Waals surface area contributed by atoms with E-state index in [0.717, 1.165) is 162 Å². The molecule has 4 aliphatic heterocycles. The fraction of sp³-hybridized carbons (Fsp3) is 0.0769. The molecule has 2 aromatic heterocycles. The average molecular weight is 1300 g/mol. The van der Waals surface area contributed by atoms with Crippen molar-refractivity contribution in [2.24, 2.45) is 0 Å². The first-order valence-electron chi connectivity index (χ1n) is 34.8. The first-order chi connectivity index (χ1) is 49.8. The van der Waals surface area contributed by atoms with Gasteiger partial charge < -0.3 is 42.5 Å². The fourth-order valence-corrected chi connectivity index (χ4v) is 16.8. The summed E-state index contributed by atoms with van der Waals surface area (Å²) in [5, 5.41) is 4.38. The van der Waals surface area contributed by atoms with E-state index >= 15 is 0 Å². The summed E-state index contributed by atoms with van der Waals surface area (Å²) < 4.78 is 38.9. The molecule has 14 aromatic carbocycles. The van der Waals surface area contributed by atoms with Gasteiger partial charge >= 0.3 is 0 Å². The molecule has 9 nitrogen and oxygen atoms in total. The van der Waals surface area contributed by atoms with Gasteiger partial charge in [-0.1, -0.05) is 172 Å². The number of benzene rings is 14. The van der Waals surface area contributed by atoms with Gasteiger partial charge in [-0.2, -0.15) is 0 Å². The van der Waals surface area contributed by atoms with Crippen LogP contribution in [0.2, 0.25) is 0 Å². The number of fused-ring (bicyclic) bond motifs is 15. The second-order valence-corrected chi connectivity index (χ2v) is 27.6. The van der Waals surface area contributed by atoms with Crippen molar-refractivity contribution in [2.45, 2.75) is 19.3 Å². The lowest BCUT2D eigenvalue weighted by atomic mass is 9.33. The monoisotopic (exact) mass is 1300 g/mol. The highest BCUT2D eigenvalue weighted by molar-refractivity contribution is 7.00. The van der Waals surface area contributed by atoms with Crippen LogP contribution in [-0.4, -0.2) is 33.1 Å². The Balaban J connectivity index is 0.787. The second kappa shape index (κ2) is 22.2. The Morgan fingerprint density at radius 1 is 0.307 bits per heavy atom. The maximum Gasteiger partial charge on any atom is 0.252 e. The zero-order valence-electron chi connectivity index (χ0n) is 55.4. The molecule has 0 saturated carbocycles. The van der Waals surface area contributed by atoms with E-state index in [9.17, 15) is 0 Å². The zero-order chi connectivity index (χ0) is 66.6. The van der Waals surface area contributed by atoms with Gasteiger partial charge in [-0.3, -0.25) is 0 Å². The minimum absolute atomic E-state index is 0.195. The van der Waals surface area contributed by atoms with Crippen LogP contribution in [0.4, 0.5) is 51.2 Å². The van der Waals surface area contributed by atoms with Crippen LogP contribution in [0.15, 0.2) is 300 Å². The molecule has 0 amide bonds. The first kappa shape index (κ1) is 57.4. The lowest BCUT2D eigenvalue weighted by Crippen LogP contribution is -2.61. The van der Waals surface area contributed by atoms with E-state index in [2.05, 4.69) is 289 Å². The smallest absolute Gasteiger partial charge is 0.252 e. The normalized spacial score (nSPS) is 14.2. The number of anilines is 9. The van der Waals surface area contributed by atoms with Crippen LogP contribution >= 0.6 is 0 Å². The van der Waals surface area contributed by atoms with Crippen LogP contribution < -0.4 is 50.0 Å². The van der Waals surface area contributed by atoms with E-state index in [0.29, 0.717) is 37.9 Å². The number of furan rings is 2. The standard InChI is InChI=1S/C91H62BN3O6/c1-91(2)74-20-9-6-17-68(74)69-38-34-66(51-75(69)91)93(63-30-23-56(24-31-63)55-13-4-3-5-14-55)64-32-25-57(26-33-64)62-47-80-90-81(48-62)95(67-35-40-84-87(52-67)97-42-41-96-84)79-54-89-88(98-43-44-99-89)53-77(79)92(90)76-39-29-59(61-28-37-73-71-19-8-11-22-83(71)101-86(73)50-61)46-78(76)94(80)65-16-12-15-58(45-65)60-27-36-72-70-18-7-10-21-82(70)100-85(72)49-60/h3-40,45-54H,41-44H2,1-2H3. The molecule has 21 rings (SSSR count). The molecule has 6 heterocycles. The SMILES string of the molecule is CC1(C)c2ccccc2-c2ccc(N(c3ccc(-c4ccccc4)cc3)c3ccc(-c4cc5c6c(c4)N(c4ccc7c(c4)OCCO7)c4cc7c(cc4B6c4ccc(-c6ccc8c(c6)oc6ccccc68)cc4N5c4cccc(-c5ccc6c(c5)oc5ccccc56)c4)OCCO7)cc3)cc21. The number of hydrogen-bond acceptors (Lipinski definition) is 9. The van der Waals surface area contributed by atoms with E-state index in [-0.39, 0.29) is 12.1 Å². The Morgan fingerprint density at radius 2 is 0.792 bits per heavy atom. The molecule has 10 heteroatoms. The molecule has 1 aliphatic carbocycles. The lowest BCUT2D eigenvalue weighted by Gasteiger charge is -2.45. The molecular weight excluding hydrogens is 1240 g/mol. The zero-order valence-corrected chi connectivity index (χ0v) is 55.4. The summed E-state index contributed by atoms with van der Waals surface area (Å²) in [6.45, 7) is 6.28. The van der Waals surface area contributed by atoms with Gasteiger partial charge in [0.2, 0.25) is 0 Å². The minimum Gasteiger partial charge on any atom is -0.486 e. The number of hydrogen-bond donors (Lipinski definition) is 0. The molecule has 0 bridgehead atoms. The number of nitrogens with zero attached hydrogens (tertiary/aromatic N) is 3. The van der Waals surface area contributed by atoms with E-state index in [4.69, 9.17) is 27.8 Å². The van der Waals surface area contributed by atoms with E-state index < -0.39 is 0 Å². The van der Waals surface area contributed by atoms with Crippen LogP contribution in [0.3, 0.4) is 0 Å². The predicted molar refractivity (Wildman–Crippen MR) is 411 cm³/mol. The van der Waals surface area contributed by atoms with Gasteiger partial charge in [0.25, 0.3) is 6.71 Å². The van der Waals surface area contributed by atoms with Crippen LogP contribution in [0, 0.1) is 0 Å². The number of para-hydroxylation sites is 2. The summed E-state index contributed by atoms with van der Waals surface area (Å²) in [6, 6.07) is 106. The summed E-state index contributed by atoms with van der Waals surface area (Å²) in [5.74, 6) is 2.85. The van der Waals surface area contributed by atoms with Crippen molar-refractivity contribution in [1.82, 2.24) is 0 Å². The van der Waals surface area contributed by atoms with Gasteiger partial charge in [0.05, 0.1) is 5.69 Å². The highest BCUT2D eigenvalue weighted by Crippen LogP contribution is 2.54. The third-order valence-corrected chi connectivity index (χ3v) is 21.6. The van der Waals surface area contributed by atoms with E-state index in [1.54, 1.807) is 0 Å². The van der Waals surface area contributed by atoms with Crippen molar-refractivity contribution in [3.8, 4) is 78.6 Å². The maximum absolute atomic E-state index is 6.59. The van der Waals surface area contributed by atoms with Gasteiger partial charge in [0, 0.05) is 84.6 Å². The molecule has 16 aromatic rings. The molecule has 101 heavy (non-hydrogen) atoms. The Hall–Kier alpha value is -12.7. The van der Waals surface area contributed by atoms with Crippen LogP contribution in [0.5, 0.6) is 23.0 Å². The van der Waals surface area contributed by atoms with Crippen molar-refractivity contribution in [2.75, 3.05) is 41.1 Å². The molecule has 480 valence electrons. The summed E-state index contributed by atoms with van der Waals surface area (Å²) in [4.78, 5) is 7.33. The molecule has 5 aliphatic rings. The van der Waals surface area contributed by atoms with Crippen molar-refractivity contribution in [3.63, 3.8) is 0 Å². The molecule has 0 N–H and O–H groups in total. The van der Waals surface area contributed by atoms with Gasteiger partial charge in [-0.25, -0.2) is 0 Å². The number of rotatable bonds is 9. The van der Waals surface area contributed by atoms with Gasteiger partial charge in [0.1, 0.15) is 48.8 Å². The molecular formula is C91H62BN3O6. The minimum atomic E-state index is -0.264. The highest BCUT2D eigenvalue weighted by atomic mass is 16.6. The maximum atomic E-state index is 6.59. The third kappa shape index (κ3) is 9.04. The van der Waals surface area contributed by atoms with Crippen molar-refractivity contribution >= 4 is 118 Å². The predicted octanol–water partition coefficient (Wildman–Crippen LogP) is 21.6. The van der Waals surface area contributed by atoms with Crippen molar-refractivity contribution in [1.29, 1.82) is 0 Å². The Kier molecular flexibility index (Phi) is 12.6. The molecule has 0 spiro atoms. The molecule has 0 radical (unpaired) electrons. The summed E-state index contributed by atoms with van der Waals surface area (Å²) >= 11 is 0. The van der Waals surface area contributed by atoms with Crippen LogP contribution in [-0.2, 0) is 5.41 Å². The molecule has 0 unspecified atom stereocenters. The molecule has 0 atom stereocenters. The largest absolute Gasteiger partial charge is 0.486 e. The topological polar surface area (TPSA) is 72.9 Å². The fourth-order valence-electron chi connectivity index (χ4n) is 16.8. The highest BCUT2D eigenvalue weighted by Gasteiger charge is 2.45. The quantitative estimate of drug-likeness (QED) is 0.131. The van der Waals surface area contributed by atoms with E-state index in [1.165, 1.54) is 27.8 Å². The lowest BCUT2D eigenvalue weighted by molar-refractivity contribution is 0.171. The van der Waals surface area contributed by atoms with Gasteiger partial charge in [-0.05, 0) is 204 Å². The van der Waals surface area contributed by atoms with Crippen molar-refractivity contribution in [3.05, 3.63) is 302 Å². The number of ether oxygens (including phenoxy) is 4. The summed E-state index contributed by atoms with van der Waals surface area (Å²) in [7, 11) is 0.